The van der Waals surface area contributed by atoms with E-state index in [1.807, 2.05) is 18.0 Å². The number of nitrogens with one attached hydrogen (secondary N) is 1. The van der Waals surface area contributed by atoms with Gasteiger partial charge in [0.25, 0.3) is 0 Å². The average Bonchev–Trinajstić information content (AvgIpc) is 2.38. The van der Waals surface area contributed by atoms with Gasteiger partial charge in [0.05, 0.1) is 0 Å². The van der Waals surface area contributed by atoms with Crippen molar-refractivity contribution in [1.29, 1.82) is 0 Å². The predicted molar refractivity (Wildman–Crippen MR) is 80.0 cm³/mol. The fourth-order valence-electron chi connectivity index (χ4n) is 1.81. The highest BCUT2D eigenvalue weighted by molar-refractivity contribution is 5.61. The molecule has 100 valence electrons. The lowest BCUT2D eigenvalue weighted by molar-refractivity contribution is 0.885. The van der Waals surface area contributed by atoms with Gasteiger partial charge in [-0.15, -0.1) is 0 Å². The molecule has 4 nitrogen and oxygen atoms in total. The van der Waals surface area contributed by atoms with E-state index < -0.39 is 0 Å². The lowest BCUT2D eigenvalue weighted by Crippen LogP contribution is -2.14. The number of hydrogen-bond donors (Lipinski definition) is 1. The normalized spacial score (nSPS) is 10.6. The minimum Gasteiger partial charge on any atom is -0.368 e. The Labute approximate surface area is 114 Å². The first-order chi connectivity index (χ1) is 9.06. The first kappa shape index (κ1) is 13.3. The molecule has 0 saturated heterocycles. The van der Waals surface area contributed by atoms with Crippen LogP contribution in [0.25, 0.3) is 0 Å². The minimum atomic E-state index is 0.354. The quantitative estimate of drug-likeness (QED) is 0.910. The van der Waals surface area contributed by atoms with Crippen LogP contribution in [-0.2, 0) is 0 Å². The lowest BCUT2D eigenvalue weighted by atomic mass is 10.2. The van der Waals surface area contributed by atoms with E-state index in [2.05, 4.69) is 60.3 Å². The van der Waals surface area contributed by atoms with Gasteiger partial charge in [-0.1, -0.05) is 17.7 Å². The largest absolute Gasteiger partial charge is 0.368 e. The molecule has 0 spiro atoms. The lowest BCUT2D eigenvalue weighted by Gasteiger charge is -2.19. The van der Waals surface area contributed by atoms with Gasteiger partial charge >= 0.3 is 0 Å². The van der Waals surface area contributed by atoms with Gasteiger partial charge in [-0.25, -0.2) is 9.97 Å². The molecule has 0 radical (unpaired) electrons. The number of nitrogens with zero attached hydrogens (tertiary/aromatic N) is 3. The zero-order valence-corrected chi connectivity index (χ0v) is 11.9. The van der Waals surface area contributed by atoms with E-state index in [1.165, 1.54) is 5.56 Å². The average molecular weight is 256 g/mol. The molecule has 0 aliphatic heterocycles. The number of rotatable bonds is 4. The third-order valence-electron chi connectivity index (χ3n) is 2.85. The Morgan fingerprint density at radius 2 is 1.79 bits per heavy atom. The van der Waals surface area contributed by atoms with E-state index in [4.69, 9.17) is 0 Å². The maximum Gasteiger partial charge on any atom is 0.138 e. The number of anilines is 3. The highest BCUT2D eigenvalue weighted by Crippen LogP contribution is 2.23. The zero-order chi connectivity index (χ0) is 13.8. The first-order valence-electron chi connectivity index (χ1n) is 6.45. The van der Waals surface area contributed by atoms with Gasteiger partial charge in [-0.3, -0.25) is 0 Å². The van der Waals surface area contributed by atoms with Gasteiger partial charge in [-0.2, -0.15) is 0 Å². The molecule has 0 unspecified atom stereocenters. The van der Waals surface area contributed by atoms with Crippen molar-refractivity contribution in [3.05, 3.63) is 42.2 Å². The molecule has 0 fully saturated rings. The fraction of sp³-hybridized carbons (Fsp3) is 0.333. The second kappa shape index (κ2) is 5.69. The van der Waals surface area contributed by atoms with Gasteiger partial charge in [0.15, 0.2) is 0 Å². The maximum absolute atomic E-state index is 4.32. The summed E-state index contributed by atoms with van der Waals surface area (Å²) in [4.78, 5) is 10.6. The van der Waals surface area contributed by atoms with Gasteiger partial charge in [0.1, 0.15) is 18.0 Å². The SMILES string of the molecule is Cc1ccc(N(C)c2cc(NC(C)C)ncn2)cc1. The predicted octanol–water partition coefficient (Wildman–Crippen LogP) is 3.37. The van der Waals surface area contributed by atoms with Crippen LogP contribution in [-0.4, -0.2) is 23.1 Å². The number of hydrogen-bond acceptors (Lipinski definition) is 4. The van der Waals surface area contributed by atoms with Gasteiger partial charge in [0, 0.05) is 24.8 Å². The molecule has 1 N–H and O–H groups in total. The Bertz CT molecular complexity index is 534. The zero-order valence-electron chi connectivity index (χ0n) is 11.9. The maximum atomic E-state index is 4.32. The van der Waals surface area contributed by atoms with Crippen LogP contribution in [0.4, 0.5) is 17.3 Å². The summed E-state index contributed by atoms with van der Waals surface area (Å²) in [5.74, 6) is 1.72. The number of aryl methyl sites for hydroxylation is 1. The van der Waals surface area contributed by atoms with Gasteiger partial charge in [-0.05, 0) is 32.9 Å². The van der Waals surface area contributed by atoms with Crippen molar-refractivity contribution in [2.45, 2.75) is 26.8 Å². The van der Waals surface area contributed by atoms with Crippen molar-refractivity contribution in [2.24, 2.45) is 0 Å². The molecule has 1 aromatic carbocycles. The van der Waals surface area contributed by atoms with Crippen LogP contribution in [0.3, 0.4) is 0 Å². The molecule has 0 atom stereocenters. The van der Waals surface area contributed by atoms with Crippen molar-refractivity contribution >= 4 is 17.3 Å². The smallest absolute Gasteiger partial charge is 0.138 e. The van der Waals surface area contributed by atoms with E-state index in [1.54, 1.807) is 6.33 Å². The van der Waals surface area contributed by atoms with E-state index >= 15 is 0 Å². The van der Waals surface area contributed by atoms with Crippen LogP contribution in [0, 0.1) is 6.92 Å². The highest BCUT2D eigenvalue weighted by Gasteiger charge is 2.07. The molecular weight excluding hydrogens is 236 g/mol. The van der Waals surface area contributed by atoms with Gasteiger partial charge < -0.3 is 10.2 Å². The molecule has 2 rings (SSSR count). The summed E-state index contributed by atoms with van der Waals surface area (Å²) in [6.07, 6.45) is 1.59. The monoisotopic (exact) mass is 256 g/mol. The molecule has 0 aliphatic carbocycles. The Balaban J connectivity index is 2.23. The van der Waals surface area contributed by atoms with E-state index in [-0.39, 0.29) is 0 Å². The standard InChI is InChI=1S/C15H20N4/c1-11(2)18-14-9-15(17-10-16-14)19(4)13-7-5-12(3)6-8-13/h5-11H,1-4H3,(H,16,17,18). The Kier molecular flexibility index (Phi) is 4.00. The summed E-state index contributed by atoms with van der Waals surface area (Å²) in [6.45, 7) is 6.26. The van der Waals surface area contributed by atoms with Crippen LogP contribution >= 0.6 is 0 Å². The Morgan fingerprint density at radius 3 is 2.42 bits per heavy atom. The van der Waals surface area contributed by atoms with Gasteiger partial charge in [0.2, 0.25) is 0 Å². The van der Waals surface area contributed by atoms with Crippen molar-refractivity contribution in [2.75, 3.05) is 17.3 Å². The fourth-order valence-corrected chi connectivity index (χ4v) is 1.81. The molecule has 2 aromatic rings. The first-order valence-corrected chi connectivity index (χ1v) is 6.45. The topological polar surface area (TPSA) is 41.0 Å². The molecule has 0 aliphatic rings. The third-order valence-corrected chi connectivity index (χ3v) is 2.85. The van der Waals surface area contributed by atoms with Crippen LogP contribution in [0.15, 0.2) is 36.7 Å². The molecule has 1 heterocycles. The second-order valence-electron chi connectivity index (χ2n) is 4.96. The van der Waals surface area contributed by atoms with Crippen LogP contribution in [0.5, 0.6) is 0 Å². The van der Waals surface area contributed by atoms with E-state index in [9.17, 15) is 0 Å². The molecule has 4 heteroatoms. The summed E-state index contributed by atoms with van der Waals surface area (Å²) in [7, 11) is 2.01. The highest BCUT2D eigenvalue weighted by atomic mass is 15.2. The summed E-state index contributed by atoms with van der Waals surface area (Å²) in [6, 6.07) is 10.7. The van der Waals surface area contributed by atoms with Crippen molar-refractivity contribution in [1.82, 2.24) is 9.97 Å². The molecular formula is C15H20N4. The van der Waals surface area contributed by atoms with Crippen molar-refractivity contribution in [3.63, 3.8) is 0 Å². The van der Waals surface area contributed by atoms with E-state index in [0.717, 1.165) is 17.3 Å². The Hall–Kier alpha value is -2.10. The molecule has 0 amide bonds. The molecule has 0 bridgehead atoms. The summed E-state index contributed by atoms with van der Waals surface area (Å²) < 4.78 is 0. The summed E-state index contributed by atoms with van der Waals surface area (Å²) >= 11 is 0. The third kappa shape index (κ3) is 3.44. The summed E-state index contributed by atoms with van der Waals surface area (Å²) in [5.41, 5.74) is 2.36. The Morgan fingerprint density at radius 1 is 1.11 bits per heavy atom. The van der Waals surface area contributed by atoms with Crippen molar-refractivity contribution < 1.29 is 0 Å². The van der Waals surface area contributed by atoms with Crippen LogP contribution in [0.1, 0.15) is 19.4 Å². The number of benzene rings is 1. The summed E-state index contributed by atoms with van der Waals surface area (Å²) in [5, 5.41) is 3.28. The van der Waals surface area contributed by atoms with Crippen LogP contribution in [0.2, 0.25) is 0 Å². The molecule has 1 aromatic heterocycles. The molecule has 19 heavy (non-hydrogen) atoms. The minimum absolute atomic E-state index is 0.354. The number of aromatic nitrogens is 2. The molecule has 0 saturated carbocycles. The van der Waals surface area contributed by atoms with Crippen molar-refractivity contribution in [3.8, 4) is 0 Å². The van der Waals surface area contributed by atoms with E-state index in [0.29, 0.717) is 6.04 Å². The van der Waals surface area contributed by atoms with Crippen LogP contribution < -0.4 is 10.2 Å². The second-order valence-corrected chi connectivity index (χ2v) is 4.96.